The second-order valence-electron chi connectivity index (χ2n) is 11.0. The third-order valence-corrected chi connectivity index (χ3v) is 8.79. The van der Waals surface area contributed by atoms with E-state index in [-0.39, 0.29) is 11.9 Å². The van der Waals surface area contributed by atoms with Gasteiger partial charge in [0.25, 0.3) is 0 Å². The minimum Gasteiger partial charge on any atom is -0.367 e. The average molecular weight is 544 g/mol. The number of aryl methyl sites for hydroxylation is 1. The SMILES string of the molecule is CN1CCCC1c1cccnc1.Cc1ccc(N2CCN(C(=O)Cc3cccs3)C(C)C2)c(C#N)c1C(C)C. The van der Waals surface area contributed by atoms with Crippen LogP contribution >= 0.6 is 11.3 Å². The zero-order valence-electron chi connectivity index (χ0n) is 23.9. The molecular weight excluding hydrogens is 502 g/mol. The highest BCUT2D eigenvalue weighted by Gasteiger charge is 2.29. The topological polar surface area (TPSA) is 63.5 Å². The van der Waals surface area contributed by atoms with Crippen molar-refractivity contribution in [3.63, 3.8) is 0 Å². The van der Waals surface area contributed by atoms with Crippen molar-refractivity contribution in [2.45, 2.75) is 65.0 Å². The maximum atomic E-state index is 12.7. The summed E-state index contributed by atoms with van der Waals surface area (Å²) in [5, 5.41) is 11.8. The summed E-state index contributed by atoms with van der Waals surface area (Å²) in [6.07, 6.45) is 6.89. The molecule has 0 radical (unpaired) electrons. The van der Waals surface area contributed by atoms with E-state index >= 15 is 0 Å². The molecule has 2 aromatic heterocycles. The molecule has 3 aromatic rings. The molecule has 2 atom stereocenters. The highest BCUT2D eigenvalue weighted by molar-refractivity contribution is 7.10. The first-order valence-corrected chi connectivity index (χ1v) is 14.9. The van der Waals surface area contributed by atoms with Gasteiger partial charge in [0.15, 0.2) is 0 Å². The molecule has 4 heterocycles. The molecule has 2 aliphatic heterocycles. The van der Waals surface area contributed by atoms with Crippen LogP contribution in [-0.2, 0) is 11.2 Å². The fraction of sp³-hybridized carbons (Fsp3) is 0.469. The lowest BCUT2D eigenvalue weighted by molar-refractivity contribution is -0.132. The monoisotopic (exact) mass is 543 g/mol. The molecule has 2 unspecified atom stereocenters. The Morgan fingerprint density at radius 2 is 2.00 bits per heavy atom. The number of amides is 1. The van der Waals surface area contributed by atoms with Crippen molar-refractivity contribution in [1.29, 1.82) is 5.26 Å². The highest BCUT2D eigenvalue weighted by atomic mass is 32.1. The molecule has 1 amide bonds. The number of nitrogens with zero attached hydrogens (tertiary/aromatic N) is 5. The summed E-state index contributed by atoms with van der Waals surface area (Å²) in [7, 11) is 2.19. The summed E-state index contributed by atoms with van der Waals surface area (Å²) in [6.45, 7) is 11.9. The van der Waals surface area contributed by atoms with Gasteiger partial charge in [0.2, 0.25) is 5.91 Å². The van der Waals surface area contributed by atoms with Crippen molar-refractivity contribution in [3.05, 3.63) is 81.3 Å². The minimum atomic E-state index is 0.126. The fourth-order valence-corrected chi connectivity index (χ4v) is 6.65. The van der Waals surface area contributed by atoms with E-state index in [1.165, 1.54) is 30.5 Å². The van der Waals surface area contributed by atoms with Crippen LogP contribution in [0.2, 0.25) is 0 Å². The van der Waals surface area contributed by atoms with E-state index in [2.05, 4.69) is 73.8 Å². The quantitative estimate of drug-likeness (QED) is 0.385. The smallest absolute Gasteiger partial charge is 0.228 e. The van der Waals surface area contributed by atoms with Crippen molar-refractivity contribution in [2.24, 2.45) is 0 Å². The van der Waals surface area contributed by atoms with Gasteiger partial charge in [0.1, 0.15) is 6.07 Å². The Bertz CT molecular complexity index is 1270. The number of hydrogen-bond donors (Lipinski definition) is 0. The fourth-order valence-electron chi connectivity index (χ4n) is 5.95. The van der Waals surface area contributed by atoms with E-state index in [1.54, 1.807) is 11.3 Å². The Kier molecular flexibility index (Phi) is 9.77. The van der Waals surface area contributed by atoms with Gasteiger partial charge in [0.05, 0.1) is 17.7 Å². The third kappa shape index (κ3) is 6.87. The molecule has 206 valence electrons. The highest BCUT2D eigenvalue weighted by Crippen LogP contribution is 2.32. The Morgan fingerprint density at radius 3 is 2.59 bits per heavy atom. The summed E-state index contributed by atoms with van der Waals surface area (Å²) < 4.78 is 0. The molecule has 0 N–H and O–H groups in total. The van der Waals surface area contributed by atoms with Crippen LogP contribution in [0.15, 0.2) is 54.2 Å². The Hall–Kier alpha value is -3.21. The van der Waals surface area contributed by atoms with Crippen molar-refractivity contribution < 1.29 is 4.79 Å². The van der Waals surface area contributed by atoms with Crippen LogP contribution < -0.4 is 4.90 Å². The van der Waals surface area contributed by atoms with Crippen LogP contribution in [0.4, 0.5) is 5.69 Å². The van der Waals surface area contributed by atoms with Gasteiger partial charge in [-0.05, 0) is 86.5 Å². The number of benzene rings is 1. The second-order valence-corrected chi connectivity index (χ2v) is 12.1. The molecule has 2 fully saturated rings. The predicted molar refractivity (Wildman–Crippen MR) is 160 cm³/mol. The molecule has 0 saturated carbocycles. The van der Waals surface area contributed by atoms with Crippen LogP contribution in [0.25, 0.3) is 0 Å². The van der Waals surface area contributed by atoms with E-state index in [4.69, 9.17) is 0 Å². The molecule has 2 saturated heterocycles. The van der Waals surface area contributed by atoms with Gasteiger partial charge in [0, 0.05) is 49.0 Å². The molecular formula is C32H41N5OS. The zero-order valence-corrected chi connectivity index (χ0v) is 24.7. The Balaban J connectivity index is 0.000000243. The molecule has 0 bridgehead atoms. The largest absolute Gasteiger partial charge is 0.367 e. The Labute approximate surface area is 237 Å². The number of rotatable bonds is 5. The lowest BCUT2D eigenvalue weighted by Crippen LogP contribution is -2.54. The zero-order chi connectivity index (χ0) is 27.9. The van der Waals surface area contributed by atoms with E-state index in [1.807, 2.05) is 40.9 Å². The van der Waals surface area contributed by atoms with Gasteiger partial charge in [-0.2, -0.15) is 5.26 Å². The van der Waals surface area contributed by atoms with Crippen LogP contribution in [0, 0.1) is 18.3 Å². The van der Waals surface area contributed by atoms with Crippen molar-refractivity contribution >= 4 is 22.9 Å². The number of nitriles is 1. The number of hydrogen-bond acceptors (Lipinski definition) is 6. The number of pyridine rings is 1. The van der Waals surface area contributed by atoms with Gasteiger partial charge in [-0.1, -0.05) is 32.0 Å². The van der Waals surface area contributed by atoms with Crippen LogP contribution in [0.1, 0.15) is 72.7 Å². The van der Waals surface area contributed by atoms with Gasteiger partial charge in [-0.3, -0.25) is 14.7 Å². The second kappa shape index (κ2) is 13.2. The number of carbonyl (C=O) groups excluding carboxylic acids is 1. The van der Waals surface area contributed by atoms with E-state index in [9.17, 15) is 10.1 Å². The standard InChI is InChI=1S/C22H27N3OS.C10H14N2/c1-15(2)22-16(3)7-8-20(19(22)13-23)24-9-10-25(17(4)14-24)21(26)12-18-6-5-11-27-18;1-12-7-3-5-10(12)9-4-2-6-11-8-9/h5-8,11,15,17H,9-10,12,14H2,1-4H3;2,4,6,8,10H,3,5,7H2,1H3. The molecule has 0 spiro atoms. The van der Waals surface area contributed by atoms with Gasteiger partial charge in [-0.25, -0.2) is 0 Å². The van der Waals surface area contributed by atoms with Crippen LogP contribution in [0.3, 0.4) is 0 Å². The predicted octanol–water partition coefficient (Wildman–Crippen LogP) is 6.18. The van der Waals surface area contributed by atoms with Crippen LogP contribution in [-0.4, -0.2) is 60.0 Å². The van der Waals surface area contributed by atoms with Gasteiger partial charge in [-0.15, -0.1) is 11.3 Å². The Morgan fingerprint density at radius 1 is 1.18 bits per heavy atom. The van der Waals surface area contributed by atoms with Crippen molar-refractivity contribution in [2.75, 3.05) is 38.1 Å². The number of likely N-dealkylation sites (tertiary alicyclic amines) is 1. The molecule has 5 rings (SSSR count). The summed E-state index contributed by atoms with van der Waals surface area (Å²) in [5.41, 5.74) is 5.46. The maximum absolute atomic E-state index is 12.7. The molecule has 39 heavy (non-hydrogen) atoms. The number of aromatic nitrogens is 1. The molecule has 1 aromatic carbocycles. The molecule has 7 heteroatoms. The number of thiophene rings is 1. The summed E-state index contributed by atoms with van der Waals surface area (Å²) in [5.74, 6) is 0.502. The first kappa shape index (κ1) is 28.8. The first-order valence-electron chi connectivity index (χ1n) is 14.0. The van der Waals surface area contributed by atoms with Gasteiger partial charge < -0.3 is 9.80 Å². The first-order chi connectivity index (χ1) is 18.8. The summed E-state index contributed by atoms with van der Waals surface area (Å²) in [6, 6.07) is 15.5. The average Bonchev–Trinajstić information content (AvgIpc) is 3.60. The molecule has 0 aliphatic carbocycles. The lowest BCUT2D eigenvalue weighted by atomic mass is 9.91. The van der Waals surface area contributed by atoms with Crippen molar-refractivity contribution in [3.8, 4) is 6.07 Å². The number of anilines is 1. The van der Waals surface area contributed by atoms with Crippen molar-refractivity contribution in [1.82, 2.24) is 14.8 Å². The van der Waals surface area contributed by atoms with Gasteiger partial charge >= 0.3 is 0 Å². The molecule has 6 nitrogen and oxygen atoms in total. The maximum Gasteiger partial charge on any atom is 0.228 e. The van der Waals surface area contributed by atoms with E-state index in [0.717, 1.165) is 34.8 Å². The third-order valence-electron chi connectivity index (χ3n) is 7.91. The van der Waals surface area contributed by atoms with Crippen LogP contribution in [0.5, 0.6) is 0 Å². The minimum absolute atomic E-state index is 0.126. The summed E-state index contributed by atoms with van der Waals surface area (Å²) in [4.78, 5) is 24.6. The van der Waals surface area contributed by atoms with E-state index < -0.39 is 0 Å². The summed E-state index contributed by atoms with van der Waals surface area (Å²) >= 11 is 1.63. The number of carbonyl (C=O) groups is 1. The lowest BCUT2D eigenvalue weighted by Gasteiger charge is -2.41. The molecule has 2 aliphatic rings. The normalized spacial score (nSPS) is 19.5. The van der Waals surface area contributed by atoms with E-state index in [0.29, 0.717) is 24.9 Å². The number of piperazine rings is 1.